The largest absolute Gasteiger partial charge is 0.491 e. The van der Waals surface area contributed by atoms with Gasteiger partial charge in [-0.3, -0.25) is 4.79 Å². The van der Waals surface area contributed by atoms with E-state index in [1.54, 1.807) is 6.07 Å². The molecule has 3 rings (SSSR count). The summed E-state index contributed by atoms with van der Waals surface area (Å²) in [7, 11) is 0. The van der Waals surface area contributed by atoms with Crippen LogP contribution in [0.5, 0.6) is 5.75 Å². The number of aryl methyl sites for hydroxylation is 1. The van der Waals surface area contributed by atoms with Crippen LogP contribution in [-0.2, 0) is 4.74 Å². The zero-order chi connectivity index (χ0) is 16.1. The molecule has 0 saturated carbocycles. The van der Waals surface area contributed by atoms with Crippen molar-refractivity contribution < 1.29 is 14.3 Å². The highest BCUT2D eigenvalue weighted by Crippen LogP contribution is 2.20. The van der Waals surface area contributed by atoms with E-state index in [4.69, 9.17) is 9.47 Å². The van der Waals surface area contributed by atoms with E-state index in [9.17, 15) is 4.79 Å². The van der Waals surface area contributed by atoms with Crippen LogP contribution in [0.25, 0.3) is 0 Å². The molecule has 0 aromatic heterocycles. The van der Waals surface area contributed by atoms with Crippen molar-refractivity contribution in [1.82, 2.24) is 0 Å². The van der Waals surface area contributed by atoms with E-state index in [-0.39, 0.29) is 12.0 Å². The fourth-order valence-electron chi connectivity index (χ4n) is 2.62. The Hall–Kier alpha value is -2.33. The highest BCUT2D eigenvalue weighted by Gasteiger charge is 2.16. The van der Waals surface area contributed by atoms with Crippen LogP contribution in [0.3, 0.4) is 0 Å². The van der Waals surface area contributed by atoms with Crippen LogP contribution in [0.1, 0.15) is 28.8 Å². The fourth-order valence-corrected chi connectivity index (χ4v) is 2.62. The van der Waals surface area contributed by atoms with Gasteiger partial charge in [0.1, 0.15) is 12.4 Å². The number of anilines is 1. The van der Waals surface area contributed by atoms with Gasteiger partial charge in [-0.05, 0) is 44.0 Å². The van der Waals surface area contributed by atoms with Crippen LogP contribution in [0, 0.1) is 6.92 Å². The fraction of sp³-hybridized carbons (Fsp3) is 0.316. The summed E-state index contributed by atoms with van der Waals surface area (Å²) < 4.78 is 11.3. The Morgan fingerprint density at radius 3 is 2.91 bits per heavy atom. The molecule has 1 N–H and O–H groups in total. The number of carbonyl (C=O) groups is 1. The molecule has 0 aliphatic carbocycles. The van der Waals surface area contributed by atoms with Crippen molar-refractivity contribution in [3.05, 3.63) is 59.7 Å². The van der Waals surface area contributed by atoms with Crippen LogP contribution in [0.2, 0.25) is 0 Å². The maximum absolute atomic E-state index is 12.3. The quantitative estimate of drug-likeness (QED) is 0.913. The average Bonchev–Trinajstić information content (AvgIpc) is 3.07. The van der Waals surface area contributed by atoms with Crippen molar-refractivity contribution in [1.29, 1.82) is 0 Å². The first kappa shape index (κ1) is 15.6. The molecule has 1 fully saturated rings. The lowest BCUT2D eigenvalue weighted by molar-refractivity contribution is 0.0680. The van der Waals surface area contributed by atoms with Crippen molar-refractivity contribution in [2.24, 2.45) is 0 Å². The van der Waals surface area contributed by atoms with Crippen LogP contribution in [0.15, 0.2) is 48.5 Å². The lowest BCUT2D eigenvalue weighted by Gasteiger charge is -2.12. The van der Waals surface area contributed by atoms with Gasteiger partial charge in [-0.2, -0.15) is 0 Å². The molecule has 2 aromatic carbocycles. The van der Waals surface area contributed by atoms with Crippen LogP contribution in [0.4, 0.5) is 5.69 Å². The van der Waals surface area contributed by atoms with Crippen molar-refractivity contribution in [3.8, 4) is 5.75 Å². The molecule has 1 saturated heterocycles. The topological polar surface area (TPSA) is 47.6 Å². The van der Waals surface area contributed by atoms with Gasteiger partial charge in [0.15, 0.2) is 0 Å². The molecule has 1 amide bonds. The molecular formula is C19H21NO3. The van der Waals surface area contributed by atoms with Gasteiger partial charge >= 0.3 is 0 Å². The molecule has 1 aliphatic rings. The molecule has 120 valence electrons. The predicted molar refractivity (Wildman–Crippen MR) is 90.0 cm³/mol. The number of ether oxygens (including phenoxy) is 2. The molecule has 1 aliphatic heterocycles. The monoisotopic (exact) mass is 311 g/mol. The maximum Gasteiger partial charge on any atom is 0.255 e. The van der Waals surface area contributed by atoms with Gasteiger partial charge in [0.25, 0.3) is 5.91 Å². The van der Waals surface area contributed by atoms with E-state index in [2.05, 4.69) is 5.32 Å². The summed E-state index contributed by atoms with van der Waals surface area (Å²) in [6.45, 7) is 3.34. The first-order chi connectivity index (χ1) is 11.2. The van der Waals surface area contributed by atoms with E-state index >= 15 is 0 Å². The molecule has 0 spiro atoms. The zero-order valence-corrected chi connectivity index (χ0v) is 13.2. The lowest BCUT2D eigenvalue weighted by atomic mass is 10.1. The van der Waals surface area contributed by atoms with Crippen LogP contribution < -0.4 is 10.1 Å². The maximum atomic E-state index is 12.3. The minimum atomic E-state index is -0.120. The standard InChI is InChI=1S/C19H21NO3/c1-14-5-2-6-15(11-14)19(21)20-16-7-3-8-17(12-16)23-13-18-9-4-10-22-18/h2-3,5-8,11-12,18H,4,9-10,13H2,1H3,(H,20,21). The molecule has 4 nitrogen and oxygen atoms in total. The predicted octanol–water partition coefficient (Wildman–Crippen LogP) is 3.81. The third-order valence-corrected chi connectivity index (χ3v) is 3.83. The normalized spacial score (nSPS) is 17.0. The Morgan fingerprint density at radius 2 is 2.13 bits per heavy atom. The summed E-state index contributed by atoms with van der Waals surface area (Å²) in [5.41, 5.74) is 2.43. The van der Waals surface area contributed by atoms with E-state index in [0.717, 1.165) is 36.4 Å². The molecule has 23 heavy (non-hydrogen) atoms. The van der Waals surface area contributed by atoms with E-state index in [0.29, 0.717) is 12.2 Å². The van der Waals surface area contributed by atoms with Gasteiger partial charge < -0.3 is 14.8 Å². The molecule has 4 heteroatoms. The Bertz CT molecular complexity index is 678. The summed E-state index contributed by atoms with van der Waals surface area (Å²) in [4.78, 5) is 12.3. The van der Waals surface area contributed by atoms with E-state index in [1.165, 1.54) is 0 Å². The summed E-state index contributed by atoms with van der Waals surface area (Å²) in [6, 6.07) is 15.0. The molecule has 0 radical (unpaired) electrons. The van der Waals surface area contributed by atoms with Gasteiger partial charge in [-0.25, -0.2) is 0 Å². The van der Waals surface area contributed by atoms with Crippen molar-refractivity contribution in [2.45, 2.75) is 25.9 Å². The third kappa shape index (κ3) is 4.33. The van der Waals surface area contributed by atoms with Gasteiger partial charge in [-0.1, -0.05) is 23.8 Å². The lowest BCUT2D eigenvalue weighted by Crippen LogP contribution is -2.16. The highest BCUT2D eigenvalue weighted by atomic mass is 16.5. The number of hydrogen-bond donors (Lipinski definition) is 1. The van der Waals surface area contributed by atoms with Crippen molar-refractivity contribution >= 4 is 11.6 Å². The highest BCUT2D eigenvalue weighted by molar-refractivity contribution is 6.04. The molecular weight excluding hydrogens is 290 g/mol. The molecule has 1 unspecified atom stereocenters. The summed E-state index contributed by atoms with van der Waals surface area (Å²) in [5.74, 6) is 0.618. The third-order valence-electron chi connectivity index (χ3n) is 3.83. The van der Waals surface area contributed by atoms with Gasteiger partial charge in [0.05, 0.1) is 6.10 Å². The number of carbonyl (C=O) groups excluding carboxylic acids is 1. The second-order valence-electron chi connectivity index (χ2n) is 5.80. The summed E-state index contributed by atoms with van der Waals surface area (Å²) in [6.07, 6.45) is 2.32. The van der Waals surface area contributed by atoms with Gasteiger partial charge in [0, 0.05) is 23.9 Å². The van der Waals surface area contributed by atoms with Crippen molar-refractivity contribution in [2.75, 3.05) is 18.5 Å². The number of hydrogen-bond acceptors (Lipinski definition) is 3. The molecule has 1 atom stereocenters. The smallest absolute Gasteiger partial charge is 0.255 e. The Labute approximate surface area is 136 Å². The Balaban J connectivity index is 1.61. The minimum Gasteiger partial charge on any atom is -0.491 e. The molecule has 0 bridgehead atoms. The van der Waals surface area contributed by atoms with Crippen molar-refractivity contribution in [3.63, 3.8) is 0 Å². The average molecular weight is 311 g/mol. The first-order valence-electron chi connectivity index (χ1n) is 7.93. The van der Waals surface area contributed by atoms with E-state index in [1.807, 2.05) is 49.4 Å². The number of nitrogens with one attached hydrogen (secondary N) is 1. The number of amides is 1. The SMILES string of the molecule is Cc1cccc(C(=O)Nc2cccc(OCC3CCCO3)c2)c1. The minimum absolute atomic E-state index is 0.120. The Morgan fingerprint density at radius 1 is 1.26 bits per heavy atom. The first-order valence-corrected chi connectivity index (χ1v) is 7.93. The van der Waals surface area contributed by atoms with Crippen LogP contribution >= 0.6 is 0 Å². The zero-order valence-electron chi connectivity index (χ0n) is 13.2. The van der Waals surface area contributed by atoms with E-state index < -0.39 is 0 Å². The molecule has 2 aromatic rings. The van der Waals surface area contributed by atoms with Gasteiger partial charge in [0.2, 0.25) is 0 Å². The second-order valence-corrected chi connectivity index (χ2v) is 5.80. The number of benzene rings is 2. The number of rotatable bonds is 5. The second kappa shape index (κ2) is 7.29. The summed E-state index contributed by atoms with van der Waals surface area (Å²) >= 11 is 0. The van der Waals surface area contributed by atoms with Gasteiger partial charge in [-0.15, -0.1) is 0 Å². The van der Waals surface area contributed by atoms with Crippen LogP contribution in [-0.4, -0.2) is 25.2 Å². The molecule has 1 heterocycles. The Kier molecular flexibility index (Phi) is 4.93. The summed E-state index contributed by atoms with van der Waals surface area (Å²) in [5, 5.41) is 2.90.